The third-order valence-corrected chi connectivity index (χ3v) is 4.23. The van der Waals surface area contributed by atoms with Crippen molar-refractivity contribution in [2.24, 2.45) is 0 Å². The van der Waals surface area contributed by atoms with Crippen molar-refractivity contribution in [3.05, 3.63) is 70.0 Å². The Morgan fingerprint density at radius 3 is 2.81 bits per heavy atom. The van der Waals surface area contributed by atoms with E-state index < -0.39 is 11.8 Å². The molecule has 0 amide bonds. The van der Waals surface area contributed by atoms with Gasteiger partial charge in [0.25, 0.3) is 0 Å². The fourth-order valence-electron chi connectivity index (χ4n) is 1.70. The molecular formula is C16H12BrFO2S. The van der Waals surface area contributed by atoms with Gasteiger partial charge in [-0.3, -0.25) is 0 Å². The Hall–Kier alpha value is -1.59. The molecule has 0 saturated carbocycles. The van der Waals surface area contributed by atoms with Gasteiger partial charge >= 0.3 is 5.97 Å². The second-order valence-electron chi connectivity index (χ2n) is 4.27. The summed E-state index contributed by atoms with van der Waals surface area (Å²) in [4.78, 5) is 11.6. The summed E-state index contributed by atoms with van der Waals surface area (Å²) in [6.45, 7) is 0. The van der Waals surface area contributed by atoms with Crippen molar-refractivity contribution >= 4 is 39.7 Å². The second-order valence-corrected chi connectivity index (χ2v) is 6.24. The summed E-state index contributed by atoms with van der Waals surface area (Å²) in [6.07, 6.45) is 2.20. The van der Waals surface area contributed by atoms with Gasteiger partial charge in [0.2, 0.25) is 0 Å². The lowest BCUT2D eigenvalue weighted by Gasteiger charge is -2.05. The van der Waals surface area contributed by atoms with Gasteiger partial charge in [-0.25, -0.2) is 9.18 Å². The predicted molar refractivity (Wildman–Crippen MR) is 86.8 cm³/mol. The quantitative estimate of drug-likeness (QED) is 0.598. The Balaban J connectivity index is 2.10. The number of aliphatic carboxylic acids is 1. The molecule has 5 heteroatoms. The molecule has 2 aromatic carbocycles. The van der Waals surface area contributed by atoms with E-state index >= 15 is 0 Å². The van der Waals surface area contributed by atoms with Crippen molar-refractivity contribution in [1.82, 2.24) is 0 Å². The number of carboxylic acid groups (broad SMARTS) is 1. The molecule has 0 aliphatic rings. The van der Waals surface area contributed by atoms with Gasteiger partial charge in [-0.15, -0.1) is 11.8 Å². The maximum Gasteiger partial charge on any atom is 0.328 e. The molecule has 0 fully saturated rings. The van der Waals surface area contributed by atoms with Gasteiger partial charge in [0.05, 0.1) is 0 Å². The normalized spacial score (nSPS) is 11.0. The summed E-state index contributed by atoms with van der Waals surface area (Å²) in [5.74, 6) is -0.836. The van der Waals surface area contributed by atoms with Crippen LogP contribution >= 0.6 is 27.7 Å². The molecule has 0 aliphatic carbocycles. The largest absolute Gasteiger partial charge is 0.478 e. The van der Waals surface area contributed by atoms with Crippen molar-refractivity contribution in [1.29, 1.82) is 0 Å². The van der Waals surface area contributed by atoms with Crippen LogP contribution in [0.1, 0.15) is 11.1 Å². The Kier molecular flexibility index (Phi) is 5.59. The van der Waals surface area contributed by atoms with Crippen LogP contribution in [0.2, 0.25) is 0 Å². The van der Waals surface area contributed by atoms with Crippen LogP contribution in [-0.2, 0) is 10.5 Å². The molecule has 0 radical (unpaired) electrons. The van der Waals surface area contributed by atoms with Crippen molar-refractivity contribution in [2.45, 2.75) is 10.6 Å². The lowest BCUT2D eigenvalue weighted by molar-refractivity contribution is -0.131. The highest BCUT2D eigenvalue weighted by Gasteiger charge is 2.03. The minimum atomic E-state index is -1.09. The maximum absolute atomic E-state index is 13.6. The van der Waals surface area contributed by atoms with E-state index in [0.717, 1.165) is 21.0 Å². The zero-order valence-electron chi connectivity index (χ0n) is 10.9. The molecule has 2 rings (SSSR count). The van der Waals surface area contributed by atoms with Gasteiger partial charge in [-0.05, 0) is 42.0 Å². The van der Waals surface area contributed by atoms with Crippen molar-refractivity contribution < 1.29 is 14.3 Å². The molecule has 0 unspecified atom stereocenters. The monoisotopic (exact) mass is 366 g/mol. The first-order valence-corrected chi connectivity index (χ1v) is 7.90. The molecule has 0 saturated heterocycles. The Morgan fingerprint density at radius 1 is 1.29 bits per heavy atom. The van der Waals surface area contributed by atoms with Crippen LogP contribution < -0.4 is 0 Å². The van der Waals surface area contributed by atoms with E-state index in [-0.39, 0.29) is 5.56 Å². The lowest BCUT2D eigenvalue weighted by Crippen LogP contribution is -1.90. The molecule has 0 spiro atoms. The van der Waals surface area contributed by atoms with E-state index in [2.05, 4.69) is 15.9 Å². The lowest BCUT2D eigenvalue weighted by atomic mass is 10.1. The van der Waals surface area contributed by atoms with Crippen LogP contribution in [0, 0.1) is 5.82 Å². The molecule has 1 N–H and O–H groups in total. The summed E-state index contributed by atoms with van der Waals surface area (Å²) in [7, 11) is 0. The average molecular weight is 367 g/mol. The van der Waals surface area contributed by atoms with Crippen molar-refractivity contribution in [3.8, 4) is 0 Å². The van der Waals surface area contributed by atoms with E-state index in [4.69, 9.17) is 5.11 Å². The van der Waals surface area contributed by atoms with E-state index in [9.17, 15) is 9.18 Å². The highest BCUT2D eigenvalue weighted by atomic mass is 79.9. The number of hydrogen-bond donors (Lipinski definition) is 1. The zero-order valence-corrected chi connectivity index (χ0v) is 13.3. The van der Waals surface area contributed by atoms with Crippen molar-refractivity contribution in [2.75, 3.05) is 0 Å². The Labute approximate surface area is 134 Å². The summed E-state index contributed by atoms with van der Waals surface area (Å²) < 4.78 is 14.6. The third-order valence-electron chi connectivity index (χ3n) is 2.67. The Morgan fingerprint density at radius 2 is 2.10 bits per heavy atom. The smallest absolute Gasteiger partial charge is 0.328 e. The van der Waals surface area contributed by atoms with E-state index in [1.807, 2.05) is 24.3 Å². The van der Waals surface area contributed by atoms with Crippen molar-refractivity contribution in [3.63, 3.8) is 0 Å². The molecule has 0 bridgehead atoms. The zero-order chi connectivity index (χ0) is 15.2. The molecule has 108 valence electrons. The molecule has 2 nitrogen and oxygen atoms in total. The molecule has 0 heterocycles. The highest BCUT2D eigenvalue weighted by Crippen LogP contribution is 2.26. The van der Waals surface area contributed by atoms with Gasteiger partial charge in [0, 0.05) is 26.8 Å². The van der Waals surface area contributed by atoms with Gasteiger partial charge in [-0.2, -0.15) is 0 Å². The standard InChI is InChI=1S/C16H12BrFO2S/c17-13-2-1-3-14(9-13)21-10-11-4-6-15(18)12(8-11)5-7-16(19)20/h1-9H,10H2,(H,19,20). The molecule has 0 atom stereocenters. The number of thioether (sulfide) groups is 1. The van der Waals surface area contributed by atoms with E-state index in [0.29, 0.717) is 5.75 Å². The maximum atomic E-state index is 13.6. The first-order valence-electron chi connectivity index (χ1n) is 6.12. The van der Waals surface area contributed by atoms with E-state index in [1.54, 1.807) is 23.9 Å². The first-order chi connectivity index (χ1) is 10.0. The number of carboxylic acids is 1. The fraction of sp³-hybridized carbons (Fsp3) is 0.0625. The number of hydrogen-bond acceptors (Lipinski definition) is 2. The van der Waals surface area contributed by atoms with E-state index in [1.165, 1.54) is 12.1 Å². The summed E-state index contributed by atoms with van der Waals surface area (Å²) in [6, 6.07) is 12.7. The molecular weight excluding hydrogens is 355 g/mol. The highest BCUT2D eigenvalue weighted by molar-refractivity contribution is 9.10. The minimum absolute atomic E-state index is 0.282. The summed E-state index contributed by atoms with van der Waals surface area (Å²) in [5.41, 5.74) is 1.22. The fourth-order valence-corrected chi connectivity index (χ4v) is 3.14. The second kappa shape index (κ2) is 7.43. The van der Waals surface area contributed by atoms with Gasteiger partial charge < -0.3 is 5.11 Å². The minimum Gasteiger partial charge on any atom is -0.478 e. The average Bonchev–Trinajstić information content (AvgIpc) is 2.45. The molecule has 2 aromatic rings. The third kappa shape index (κ3) is 5.02. The topological polar surface area (TPSA) is 37.3 Å². The molecule has 0 aromatic heterocycles. The first kappa shape index (κ1) is 15.8. The number of carbonyl (C=O) groups is 1. The number of halogens is 2. The van der Waals surface area contributed by atoms with Gasteiger partial charge in [-0.1, -0.05) is 28.1 Å². The van der Waals surface area contributed by atoms with Crippen LogP contribution in [0.4, 0.5) is 4.39 Å². The van der Waals surface area contributed by atoms with Crippen LogP contribution in [0.5, 0.6) is 0 Å². The van der Waals surface area contributed by atoms with Crippen LogP contribution in [-0.4, -0.2) is 11.1 Å². The molecule has 0 aliphatic heterocycles. The van der Waals surface area contributed by atoms with Crippen LogP contribution in [0.15, 0.2) is 57.9 Å². The number of benzene rings is 2. The van der Waals surface area contributed by atoms with Gasteiger partial charge in [0.1, 0.15) is 5.82 Å². The summed E-state index contributed by atoms with van der Waals surface area (Å²) >= 11 is 5.05. The number of rotatable bonds is 5. The SMILES string of the molecule is O=C(O)C=Cc1cc(CSc2cccc(Br)c2)ccc1F. The van der Waals surface area contributed by atoms with Gasteiger partial charge in [0.15, 0.2) is 0 Å². The van der Waals surface area contributed by atoms with Crippen LogP contribution in [0.25, 0.3) is 6.08 Å². The summed E-state index contributed by atoms with van der Waals surface area (Å²) in [5, 5.41) is 8.60. The Bertz CT molecular complexity index is 686. The molecule has 21 heavy (non-hydrogen) atoms. The van der Waals surface area contributed by atoms with Crippen LogP contribution in [0.3, 0.4) is 0 Å². The predicted octanol–water partition coefficient (Wildman–Crippen LogP) is 4.98.